The second-order valence-corrected chi connectivity index (χ2v) is 4.46. The molecule has 5 atom stereocenters. The molecule has 0 saturated carbocycles. The molecule has 1 rings (SSSR count). The van der Waals surface area contributed by atoms with Crippen molar-refractivity contribution in [2.45, 2.75) is 58.4 Å². The molecule has 0 bridgehead atoms. The maximum atomic E-state index is 11.1. The number of hydrogen-bond donors (Lipinski definition) is 1. The van der Waals surface area contributed by atoms with Gasteiger partial charge in [0.25, 0.3) is 0 Å². The second-order valence-electron chi connectivity index (χ2n) is 4.46. The third-order valence-electron chi connectivity index (χ3n) is 2.64. The number of aliphatic hydroxyl groups excluding tert-OH is 1. The summed E-state index contributed by atoms with van der Waals surface area (Å²) in [5.74, 6) is -1.93. The molecule has 0 spiro atoms. The molecule has 1 aliphatic heterocycles. The number of hydrogen-bond acceptors (Lipinski definition) is 8. The van der Waals surface area contributed by atoms with Crippen molar-refractivity contribution in [1.82, 2.24) is 0 Å². The zero-order valence-corrected chi connectivity index (χ0v) is 11.7. The summed E-state index contributed by atoms with van der Waals surface area (Å²) in [7, 11) is 0. The highest BCUT2D eigenvalue weighted by Crippen LogP contribution is 2.26. The lowest BCUT2D eigenvalue weighted by Crippen LogP contribution is -2.60. The van der Waals surface area contributed by atoms with Crippen molar-refractivity contribution in [3.05, 3.63) is 0 Å². The fourth-order valence-electron chi connectivity index (χ4n) is 1.93. The number of aliphatic hydroxyl groups is 1. The Balaban J connectivity index is 2.93. The predicted octanol–water partition coefficient (Wildman–Crippen LogP) is -0.481. The highest BCUT2D eigenvalue weighted by Gasteiger charge is 2.49. The van der Waals surface area contributed by atoms with Gasteiger partial charge < -0.3 is 24.1 Å². The van der Waals surface area contributed by atoms with Gasteiger partial charge in [0.2, 0.25) is 6.29 Å². The molecule has 1 heterocycles. The number of carbonyl (C=O) groups is 3. The van der Waals surface area contributed by atoms with Crippen molar-refractivity contribution in [3.63, 3.8) is 0 Å². The first-order chi connectivity index (χ1) is 9.22. The zero-order valence-electron chi connectivity index (χ0n) is 11.7. The molecule has 0 radical (unpaired) electrons. The van der Waals surface area contributed by atoms with E-state index < -0.39 is 48.6 Å². The summed E-state index contributed by atoms with van der Waals surface area (Å²) in [6, 6.07) is 0. The monoisotopic (exact) mass is 290 g/mol. The summed E-state index contributed by atoms with van der Waals surface area (Å²) < 4.78 is 20.0. The lowest BCUT2D eigenvalue weighted by atomic mass is 9.99. The van der Waals surface area contributed by atoms with Crippen molar-refractivity contribution >= 4 is 17.9 Å². The van der Waals surface area contributed by atoms with Crippen LogP contribution < -0.4 is 0 Å². The Hall–Kier alpha value is -1.67. The van der Waals surface area contributed by atoms with Crippen LogP contribution in [0.15, 0.2) is 0 Å². The van der Waals surface area contributed by atoms with Gasteiger partial charge in [0, 0.05) is 20.8 Å². The molecule has 0 aromatic heterocycles. The summed E-state index contributed by atoms with van der Waals surface area (Å²) in [6.07, 6.45) is -5.64. The van der Waals surface area contributed by atoms with E-state index in [1.807, 2.05) is 0 Å². The van der Waals surface area contributed by atoms with Crippen LogP contribution in [0.1, 0.15) is 27.7 Å². The van der Waals surface area contributed by atoms with Crippen molar-refractivity contribution < 1.29 is 38.4 Å². The first-order valence-electron chi connectivity index (χ1n) is 6.07. The van der Waals surface area contributed by atoms with Gasteiger partial charge in [-0.3, -0.25) is 14.4 Å². The fraction of sp³-hybridized carbons (Fsp3) is 0.750. The van der Waals surface area contributed by atoms with E-state index in [9.17, 15) is 19.5 Å². The van der Waals surface area contributed by atoms with E-state index in [1.165, 1.54) is 6.92 Å². The Kier molecular flexibility index (Phi) is 5.46. The average Bonchev–Trinajstić information content (AvgIpc) is 2.28. The molecule has 1 fully saturated rings. The summed E-state index contributed by atoms with van der Waals surface area (Å²) >= 11 is 0. The van der Waals surface area contributed by atoms with E-state index in [2.05, 4.69) is 0 Å². The minimum atomic E-state index is -1.46. The van der Waals surface area contributed by atoms with Gasteiger partial charge in [-0.2, -0.15) is 0 Å². The molecule has 20 heavy (non-hydrogen) atoms. The summed E-state index contributed by atoms with van der Waals surface area (Å²) in [4.78, 5) is 33.1. The molecule has 0 aliphatic carbocycles. The Bertz CT molecular complexity index is 393. The smallest absolute Gasteiger partial charge is 0.305 e. The Labute approximate surface area is 115 Å². The Morgan fingerprint density at radius 2 is 1.35 bits per heavy atom. The van der Waals surface area contributed by atoms with E-state index in [4.69, 9.17) is 18.9 Å². The van der Waals surface area contributed by atoms with Crippen LogP contribution in [0.5, 0.6) is 0 Å². The Morgan fingerprint density at radius 3 is 1.80 bits per heavy atom. The van der Waals surface area contributed by atoms with Crippen LogP contribution in [0.2, 0.25) is 0 Å². The largest absolute Gasteiger partial charge is 0.456 e. The maximum absolute atomic E-state index is 11.1. The lowest BCUT2D eigenvalue weighted by Gasteiger charge is -2.41. The highest BCUT2D eigenvalue weighted by molar-refractivity contribution is 5.68. The first-order valence-corrected chi connectivity index (χ1v) is 6.07. The number of ether oxygens (including phenoxy) is 4. The van der Waals surface area contributed by atoms with Crippen LogP contribution in [-0.2, 0) is 33.3 Å². The molecule has 0 amide bonds. The zero-order chi connectivity index (χ0) is 15.4. The van der Waals surface area contributed by atoms with E-state index in [1.54, 1.807) is 6.92 Å². The van der Waals surface area contributed by atoms with Crippen LogP contribution in [-0.4, -0.2) is 53.7 Å². The van der Waals surface area contributed by atoms with Crippen LogP contribution in [0.4, 0.5) is 0 Å². The van der Waals surface area contributed by atoms with E-state index >= 15 is 0 Å². The molecular weight excluding hydrogens is 272 g/mol. The molecular formula is C12H18O8. The average molecular weight is 290 g/mol. The molecule has 0 aromatic carbocycles. The van der Waals surface area contributed by atoms with Crippen molar-refractivity contribution in [1.29, 1.82) is 0 Å². The van der Waals surface area contributed by atoms with Crippen molar-refractivity contribution in [3.8, 4) is 0 Å². The topological polar surface area (TPSA) is 108 Å². The minimum absolute atomic E-state index is 0.610. The second kappa shape index (κ2) is 6.67. The number of rotatable bonds is 3. The van der Waals surface area contributed by atoms with Crippen molar-refractivity contribution in [2.24, 2.45) is 0 Å². The van der Waals surface area contributed by atoms with E-state index in [0.717, 1.165) is 13.8 Å². The summed E-state index contributed by atoms with van der Waals surface area (Å²) in [5, 5.41) is 10.1. The normalized spacial score (nSPS) is 33.1. The van der Waals surface area contributed by atoms with E-state index in [-0.39, 0.29) is 0 Å². The van der Waals surface area contributed by atoms with E-state index in [0.29, 0.717) is 0 Å². The first kappa shape index (κ1) is 16.4. The maximum Gasteiger partial charge on any atom is 0.305 e. The number of carbonyl (C=O) groups excluding carboxylic acids is 3. The molecule has 0 aromatic rings. The molecule has 1 saturated heterocycles. The molecule has 1 N–H and O–H groups in total. The molecule has 1 aliphatic rings. The standard InChI is InChI=1S/C12H18O8/c1-5-10(18-6(2)13)11(19-7(3)14)9(16)12(17-5)20-8(4)15/h5,9-12,16H,1-4H3/t5-,9-,10-,11-,12-/m0/s1. The fourth-order valence-corrected chi connectivity index (χ4v) is 1.93. The van der Waals surface area contributed by atoms with Gasteiger partial charge in [-0.05, 0) is 6.92 Å². The van der Waals surface area contributed by atoms with Gasteiger partial charge in [0.15, 0.2) is 18.3 Å². The highest BCUT2D eigenvalue weighted by atomic mass is 16.7. The summed E-state index contributed by atoms with van der Waals surface area (Å²) in [5.41, 5.74) is 0. The minimum Gasteiger partial charge on any atom is -0.456 e. The lowest BCUT2D eigenvalue weighted by molar-refractivity contribution is -0.289. The molecule has 8 nitrogen and oxygen atoms in total. The predicted molar refractivity (Wildman–Crippen MR) is 63.2 cm³/mol. The summed E-state index contributed by atoms with van der Waals surface area (Å²) in [6.45, 7) is 5.03. The molecule has 8 heteroatoms. The van der Waals surface area contributed by atoms with Gasteiger partial charge in [-0.1, -0.05) is 0 Å². The van der Waals surface area contributed by atoms with Gasteiger partial charge in [0.05, 0.1) is 6.10 Å². The van der Waals surface area contributed by atoms with Gasteiger partial charge >= 0.3 is 17.9 Å². The SMILES string of the molecule is CC(=O)O[C@@H]1O[C@@H](C)[C@H](OC(C)=O)[C@@H](OC(C)=O)[C@@H]1O. The van der Waals surface area contributed by atoms with Crippen LogP contribution in [0.3, 0.4) is 0 Å². The molecule has 114 valence electrons. The Morgan fingerprint density at radius 1 is 0.900 bits per heavy atom. The third-order valence-corrected chi connectivity index (χ3v) is 2.64. The van der Waals surface area contributed by atoms with Crippen LogP contribution in [0.25, 0.3) is 0 Å². The quantitative estimate of drug-likeness (QED) is 0.548. The van der Waals surface area contributed by atoms with Gasteiger partial charge in [-0.25, -0.2) is 0 Å². The van der Waals surface area contributed by atoms with Crippen LogP contribution >= 0.6 is 0 Å². The number of esters is 3. The molecule has 0 unspecified atom stereocenters. The van der Waals surface area contributed by atoms with Crippen molar-refractivity contribution in [2.75, 3.05) is 0 Å². The van der Waals surface area contributed by atoms with Gasteiger partial charge in [0.1, 0.15) is 0 Å². The van der Waals surface area contributed by atoms with Gasteiger partial charge in [-0.15, -0.1) is 0 Å². The van der Waals surface area contributed by atoms with Crippen LogP contribution in [0, 0.1) is 0 Å². The third kappa shape index (κ3) is 4.17.